The highest BCUT2D eigenvalue weighted by atomic mass is 17.2. The van der Waals surface area contributed by atoms with Crippen LogP contribution in [-0.4, -0.2) is 255 Å². The van der Waals surface area contributed by atoms with E-state index in [4.69, 9.17) is 109 Å². The molecule has 27 heteroatoms. The van der Waals surface area contributed by atoms with Crippen molar-refractivity contribution >= 4 is 11.8 Å². The van der Waals surface area contributed by atoms with Gasteiger partial charge in [-0.05, 0) is 136 Å². The third-order valence-corrected chi connectivity index (χ3v) is 24.8. The molecule has 0 aromatic heterocycles. The first-order valence-corrected chi connectivity index (χ1v) is 36.4. The second-order valence-corrected chi connectivity index (χ2v) is 30.7. The molecule has 8 heterocycles. The van der Waals surface area contributed by atoms with Crippen molar-refractivity contribution in [3.05, 3.63) is 23.5 Å². The largest absolute Gasteiger partial charge is 0.493 e. The van der Waals surface area contributed by atoms with E-state index in [2.05, 4.69) is 19.9 Å². The van der Waals surface area contributed by atoms with Crippen molar-refractivity contribution < 1.29 is 129 Å². The summed E-state index contributed by atoms with van der Waals surface area (Å²) >= 11 is 0. The fourth-order valence-electron chi connectivity index (χ4n) is 19.4. The molecule has 0 aromatic carbocycles. The maximum atomic E-state index is 13.1. The Balaban J connectivity index is 0.606. The Bertz CT molecular complexity index is 2800. The number of allylic oxidation sites excluding steroid dienone is 1. The number of carbonyl (C=O) groups excluding carboxylic acids is 2. The fourth-order valence-corrected chi connectivity index (χ4v) is 19.4. The van der Waals surface area contributed by atoms with Crippen molar-refractivity contribution in [3.8, 4) is 0 Å². The van der Waals surface area contributed by atoms with Crippen molar-refractivity contribution in [1.82, 2.24) is 0 Å². The minimum Gasteiger partial charge on any atom is -0.493 e. The lowest BCUT2D eigenvalue weighted by Gasteiger charge is -2.59. The fraction of sp³-hybridized carbons (Fsp3) is 0.917. The van der Waals surface area contributed by atoms with Crippen LogP contribution in [0.4, 0.5) is 0 Å². The Hall–Kier alpha value is -2.50. The average Bonchev–Trinajstić information content (AvgIpc) is 1.61. The van der Waals surface area contributed by atoms with E-state index in [1.807, 2.05) is 48.5 Å². The SMILES string of the molecule is COC1=C[C@@H](C)O[C@@H](O[C@H]2CC[C@@]3(C)C(=CC[C@@H]4[C@H]3CC[C@]3(C)[C@H]4CC[C@]3(O)[C@@H](C)O[C@@H]3C[C@@H]4OC[C@]5(C[C@@H](OC)[C@H](O[C@H]6C[C@@H](OC)[C@H](O[C@H]7C[C@@H](OC)[C@H](O[C@H]8C[C@@H](OC)[C@H](O[C@H]9O[C@@H](C)[C@H](O)[C@@H](OC)[C@@H]9OC(C)=O)[C@@H](C)O8)[C@@H](C)O7)[C@@H](C)O6)[C@@H](C)O5)OO[C@H]4[C@H](C)O3)C2)C1=O. The Morgan fingerprint density at radius 3 is 1.80 bits per heavy atom. The first-order valence-electron chi connectivity index (χ1n) is 36.4. The van der Waals surface area contributed by atoms with Crippen molar-refractivity contribution in [1.29, 1.82) is 0 Å². The molecular weight excluding hydrogens is 1300 g/mol. The van der Waals surface area contributed by atoms with Crippen LogP contribution >= 0.6 is 0 Å². The third-order valence-electron chi connectivity index (χ3n) is 24.8. The van der Waals surface area contributed by atoms with Gasteiger partial charge in [0.15, 0.2) is 43.3 Å². The van der Waals surface area contributed by atoms with Crippen LogP contribution in [0.3, 0.4) is 0 Å². The molecule has 4 aliphatic carbocycles. The number of aliphatic hydroxyl groups excluding tert-OH is 1. The Kier molecular flexibility index (Phi) is 24.0. The highest BCUT2D eigenvalue weighted by molar-refractivity contribution is 5.96. The lowest BCUT2D eigenvalue weighted by atomic mass is 9.46. The first-order chi connectivity index (χ1) is 47.2. The summed E-state index contributed by atoms with van der Waals surface area (Å²) in [5.41, 5.74) is -0.0154. The van der Waals surface area contributed by atoms with E-state index in [1.54, 1.807) is 41.4 Å². The van der Waals surface area contributed by atoms with E-state index in [1.165, 1.54) is 26.7 Å². The summed E-state index contributed by atoms with van der Waals surface area (Å²) in [7, 11) is 9.40. The zero-order valence-corrected chi connectivity index (χ0v) is 61.1. The molecule has 12 aliphatic rings. The predicted octanol–water partition coefficient (Wildman–Crippen LogP) is 6.73. The van der Waals surface area contributed by atoms with E-state index >= 15 is 0 Å². The summed E-state index contributed by atoms with van der Waals surface area (Å²) in [6, 6.07) is 0. The molecular formula is C72H114O27. The number of aliphatic hydroxyl groups is 2. The molecule has 12 rings (SSSR count). The minimum atomic E-state index is -1.34. The molecule has 0 unspecified atom stereocenters. The standard InChI is InChI=1S/C72H114O27/c1-34-26-48(77-12)59(75)67(84-34)92-44-20-23-69(10)43(27-44)18-19-45-46(69)21-24-70(11)47(45)22-25-72(70,76)41(8)90-54-31-52-64(39(6)88-54)98-99-71(33-83-52)32-53(81-16)63(40(7)97-71)95-57-29-50(79-14)61(37(4)86-57)93-55-28-49(78-13)60(36(3)85-55)94-56-30-51(80-15)62(38(5)87-56)96-68-66(91-42(9)73)65(82-17)58(74)35(2)89-68/h18,26,34-41,44-47,49-58,60-68,74,76H,19-25,27-33H2,1-17H3/t34-,35+,36-,37-,38-,39+,40-,41-,44+,45-,46-,47+,49-,50-,51-,52+,53-,54-,55+,56+,57+,58+,60-,61-,62-,63-,64+,65-,66+,67+,68-,69+,70-,71+,72+/m1/s1. The van der Waals surface area contributed by atoms with Gasteiger partial charge in [-0.25, -0.2) is 4.89 Å². The van der Waals surface area contributed by atoms with Crippen LogP contribution < -0.4 is 0 Å². The number of methoxy groups -OCH3 is 6. The Morgan fingerprint density at radius 2 is 1.21 bits per heavy atom. The van der Waals surface area contributed by atoms with Crippen LogP contribution in [0.2, 0.25) is 0 Å². The number of fused-ring (bicyclic) bond motifs is 6. The van der Waals surface area contributed by atoms with Gasteiger partial charge < -0.3 is 110 Å². The summed E-state index contributed by atoms with van der Waals surface area (Å²) in [5.74, 6) is -0.675. The lowest BCUT2D eigenvalue weighted by molar-refractivity contribution is -0.472. The van der Waals surface area contributed by atoms with Crippen LogP contribution in [0.25, 0.3) is 0 Å². The normalized spacial score (nSPS) is 50.6. The smallest absolute Gasteiger partial charge is 0.303 e. The van der Waals surface area contributed by atoms with Gasteiger partial charge in [0.2, 0.25) is 12.1 Å². The van der Waals surface area contributed by atoms with Crippen LogP contribution in [0.1, 0.15) is 160 Å². The predicted molar refractivity (Wildman–Crippen MR) is 345 cm³/mol. The van der Waals surface area contributed by atoms with E-state index in [-0.39, 0.29) is 54.0 Å². The molecule has 0 aromatic rings. The van der Waals surface area contributed by atoms with Crippen LogP contribution in [0.5, 0.6) is 0 Å². The molecule has 35 atom stereocenters. The van der Waals surface area contributed by atoms with Crippen molar-refractivity contribution in [2.45, 2.75) is 343 Å². The molecule has 10 fully saturated rings. The minimum absolute atomic E-state index is 0.0143. The zero-order valence-electron chi connectivity index (χ0n) is 61.1. The summed E-state index contributed by atoms with van der Waals surface area (Å²) in [6.07, 6.45) is -5.01. The van der Waals surface area contributed by atoms with Gasteiger partial charge in [0.05, 0.1) is 98.2 Å². The topological polar surface area (TPSA) is 287 Å². The molecule has 0 bridgehead atoms. The average molecular weight is 1410 g/mol. The van der Waals surface area contributed by atoms with Crippen molar-refractivity contribution in [2.75, 3.05) is 49.3 Å². The quantitative estimate of drug-likeness (QED) is 0.0726. The molecule has 0 radical (unpaired) electrons. The van der Waals surface area contributed by atoms with Gasteiger partial charge >= 0.3 is 5.97 Å². The maximum Gasteiger partial charge on any atom is 0.303 e. The van der Waals surface area contributed by atoms with E-state index < -0.39 is 177 Å². The number of ketones is 1. The molecule has 3 saturated carbocycles. The van der Waals surface area contributed by atoms with Crippen LogP contribution in [0, 0.1) is 28.6 Å². The van der Waals surface area contributed by atoms with E-state index in [0.29, 0.717) is 43.4 Å². The summed E-state index contributed by atoms with van der Waals surface area (Å²) < 4.78 is 132. The lowest BCUT2D eigenvalue weighted by Crippen LogP contribution is -2.62. The molecule has 7 saturated heterocycles. The molecule has 1 spiro atoms. The van der Waals surface area contributed by atoms with Crippen molar-refractivity contribution in [3.63, 3.8) is 0 Å². The highest BCUT2D eigenvalue weighted by Crippen LogP contribution is 2.68. The number of ether oxygens (including phenoxy) is 21. The molecule has 99 heavy (non-hydrogen) atoms. The van der Waals surface area contributed by atoms with Crippen molar-refractivity contribution in [2.24, 2.45) is 28.6 Å². The van der Waals surface area contributed by atoms with E-state index in [0.717, 1.165) is 44.9 Å². The number of rotatable bonds is 20. The van der Waals surface area contributed by atoms with Gasteiger partial charge in [0, 0.05) is 80.0 Å². The summed E-state index contributed by atoms with van der Waals surface area (Å²) in [4.78, 5) is 37.8. The molecule has 27 nitrogen and oxygen atoms in total. The summed E-state index contributed by atoms with van der Waals surface area (Å²) in [5, 5.41) is 23.8. The first kappa shape index (κ1) is 76.2. The second kappa shape index (κ2) is 31.1. The number of hydrogen-bond donors (Lipinski definition) is 2. The number of Topliss-reactive ketones (excluding diaryl/α,β-unsaturated/α-hetero) is 1. The number of hydrogen-bond acceptors (Lipinski definition) is 27. The summed E-state index contributed by atoms with van der Waals surface area (Å²) in [6.45, 7) is 21.1. The van der Waals surface area contributed by atoms with Gasteiger partial charge in [-0.15, -0.1) is 0 Å². The van der Waals surface area contributed by atoms with Gasteiger partial charge in [0.25, 0.3) is 5.78 Å². The highest BCUT2D eigenvalue weighted by Gasteiger charge is 2.66. The van der Waals surface area contributed by atoms with Crippen LogP contribution in [-0.2, 0) is 119 Å². The molecule has 8 aliphatic heterocycles. The zero-order chi connectivity index (χ0) is 70.8. The second-order valence-electron chi connectivity index (χ2n) is 30.7. The molecule has 2 N–H and O–H groups in total. The Labute approximate surface area is 583 Å². The number of carbonyl (C=O) groups is 2. The monoisotopic (exact) mass is 1410 g/mol. The Morgan fingerprint density at radius 1 is 0.626 bits per heavy atom. The van der Waals surface area contributed by atoms with Gasteiger partial charge in [-0.3, -0.25) is 9.59 Å². The number of esters is 1. The molecule has 0 amide bonds. The third kappa shape index (κ3) is 15.1. The maximum absolute atomic E-state index is 13.1. The molecule has 564 valence electrons. The van der Waals surface area contributed by atoms with Gasteiger partial charge in [-0.1, -0.05) is 25.5 Å². The van der Waals surface area contributed by atoms with E-state index in [9.17, 15) is 19.8 Å². The van der Waals surface area contributed by atoms with Gasteiger partial charge in [-0.2, -0.15) is 4.89 Å². The van der Waals surface area contributed by atoms with Crippen LogP contribution in [0.15, 0.2) is 23.5 Å². The van der Waals surface area contributed by atoms with Gasteiger partial charge in [0.1, 0.15) is 49.3 Å².